The number of hydrogen-bond donors (Lipinski definition) is 2. The molecule has 0 saturated heterocycles. The van der Waals surface area contributed by atoms with Crippen LogP contribution in [0.5, 0.6) is 0 Å². The lowest BCUT2D eigenvalue weighted by Gasteiger charge is -2.06. The van der Waals surface area contributed by atoms with Crippen LogP contribution in [0, 0.1) is 12.8 Å². The standard InChI is InChI=1S/C8H13N3O2S/c1-5(7(9)11-12)4-14-8-10-6(2)3-13-8/h3,5,12H,4H2,1-2H3,(H2,9,11). The van der Waals surface area contributed by atoms with Gasteiger partial charge in [-0.05, 0) is 6.92 Å². The molecule has 0 amide bonds. The molecule has 5 nitrogen and oxygen atoms in total. The van der Waals surface area contributed by atoms with Gasteiger partial charge >= 0.3 is 0 Å². The first-order valence-corrected chi connectivity index (χ1v) is 5.14. The third-order valence-electron chi connectivity index (χ3n) is 1.68. The van der Waals surface area contributed by atoms with Crippen molar-refractivity contribution in [3.63, 3.8) is 0 Å². The quantitative estimate of drug-likeness (QED) is 0.261. The number of aromatic nitrogens is 1. The topological polar surface area (TPSA) is 84.6 Å². The first-order valence-electron chi connectivity index (χ1n) is 4.16. The van der Waals surface area contributed by atoms with Crippen molar-refractivity contribution in [1.29, 1.82) is 0 Å². The van der Waals surface area contributed by atoms with Crippen LogP contribution < -0.4 is 5.73 Å². The Balaban J connectivity index is 2.41. The van der Waals surface area contributed by atoms with E-state index in [4.69, 9.17) is 15.4 Å². The van der Waals surface area contributed by atoms with Crippen LogP contribution in [-0.2, 0) is 0 Å². The summed E-state index contributed by atoms with van der Waals surface area (Å²) in [5, 5.41) is 12.0. The Morgan fingerprint density at radius 3 is 3.07 bits per heavy atom. The lowest BCUT2D eigenvalue weighted by molar-refractivity contribution is 0.315. The van der Waals surface area contributed by atoms with E-state index >= 15 is 0 Å². The van der Waals surface area contributed by atoms with Gasteiger partial charge in [0.15, 0.2) is 0 Å². The molecular formula is C8H13N3O2S. The summed E-state index contributed by atoms with van der Waals surface area (Å²) in [6.45, 7) is 3.73. The van der Waals surface area contributed by atoms with Gasteiger partial charge in [-0.3, -0.25) is 0 Å². The zero-order valence-corrected chi connectivity index (χ0v) is 8.91. The van der Waals surface area contributed by atoms with Crippen LogP contribution in [0.15, 0.2) is 21.1 Å². The van der Waals surface area contributed by atoms with Gasteiger partial charge in [0, 0.05) is 11.7 Å². The Morgan fingerprint density at radius 1 is 1.86 bits per heavy atom. The molecule has 1 atom stereocenters. The Hall–Kier alpha value is -1.17. The zero-order chi connectivity index (χ0) is 10.6. The molecule has 78 valence electrons. The van der Waals surface area contributed by atoms with Crippen LogP contribution in [0.2, 0.25) is 0 Å². The maximum absolute atomic E-state index is 8.42. The van der Waals surface area contributed by atoms with E-state index in [2.05, 4.69) is 10.1 Å². The molecule has 0 spiro atoms. The Labute approximate surface area is 86.4 Å². The van der Waals surface area contributed by atoms with E-state index in [0.717, 1.165) is 5.69 Å². The van der Waals surface area contributed by atoms with Crippen molar-refractivity contribution in [1.82, 2.24) is 4.98 Å². The number of nitrogens with zero attached hydrogens (tertiary/aromatic N) is 2. The van der Waals surface area contributed by atoms with Crippen LogP contribution in [0.4, 0.5) is 0 Å². The summed E-state index contributed by atoms with van der Waals surface area (Å²) in [5.74, 6) is 0.897. The van der Waals surface area contributed by atoms with Crippen molar-refractivity contribution in [2.24, 2.45) is 16.8 Å². The molecule has 1 heterocycles. The summed E-state index contributed by atoms with van der Waals surface area (Å²) in [4.78, 5) is 4.12. The van der Waals surface area contributed by atoms with E-state index in [1.165, 1.54) is 11.8 Å². The van der Waals surface area contributed by atoms with Crippen molar-refractivity contribution in [3.05, 3.63) is 12.0 Å². The number of hydrogen-bond acceptors (Lipinski definition) is 5. The lowest BCUT2D eigenvalue weighted by atomic mass is 10.2. The fraction of sp³-hybridized carbons (Fsp3) is 0.500. The molecule has 0 saturated carbocycles. The minimum absolute atomic E-state index is 0.00259. The summed E-state index contributed by atoms with van der Waals surface area (Å²) in [5.41, 5.74) is 6.27. The molecule has 0 aromatic carbocycles. The maximum Gasteiger partial charge on any atom is 0.255 e. The van der Waals surface area contributed by atoms with Crippen molar-refractivity contribution >= 4 is 17.6 Å². The zero-order valence-electron chi connectivity index (χ0n) is 8.10. The first kappa shape index (κ1) is 10.9. The molecule has 0 aliphatic rings. The number of amidine groups is 1. The van der Waals surface area contributed by atoms with E-state index < -0.39 is 0 Å². The molecule has 1 aromatic rings. The average Bonchev–Trinajstić information content (AvgIpc) is 2.59. The van der Waals surface area contributed by atoms with E-state index in [1.54, 1.807) is 6.26 Å². The highest BCUT2D eigenvalue weighted by Gasteiger charge is 2.10. The van der Waals surface area contributed by atoms with Gasteiger partial charge in [0.05, 0.1) is 5.69 Å². The minimum Gasteiger partial charge on any atom is -0.440 e. The van der Waals surface area contributed by atoms with Gasteiger partial charge in [0.1, 0.15) is 12.1 Å². The number of aryl methyl sites for hydroxylation is 1. The molecule has 0 radical (unpaired) electrons. The highest BCUT2D eigenvalue weighted by atomic mass is 32.2. The number of thioether (sulfide) groups is 1. The van der Waals surface area contributed by atoms with Crippen LogP contribution in [0.1, 0.15) is 12.6 Å². The largest absolute Gasteiger partial charge is 0.440 e. The van der Waals surface area contributed by atoms with Crippen molar-refractivity contribution in [2.75, 3.05) is 5.75 Å². The van der Waals surface area contributed by atoms with Gasteiger partial charge in [0.2, 0.25) is 0 Å². The molecule has 14 heavy (non-hydrogen) atoms. The number of oxazole rings is 1. The number of oxime groups is 1. The maximum atomic E-state index is 8.42. The van der Waals surface area contributed by atoms with Crippen LogP contribution >= 0.6 is 11.8 Å². The molecule has 0 aliphatic carbocycles. The molecule has 1 aromatic heterocycles. The van der Waals surface area contributed by atoms with Gasteiger partial charge in [0.25, 0.3) is 5.22 Å². The molecule has 3 N–H and O–H groups in total. The summed E-state index contributed by atoms with van der Waals surface area (Å²) >= 11 is 1.44. The van der Waals surface area contributed by atoms with Crippen molar-refractivity contribution in [2.45, 2.75) is 19.1 Å². The SMILES string of the molecule is Cc1coc(SCC(C)C(N)=NO)n1. The van der Waals surface area contributed by atoms with E-state index in [9.17, 15) is 0 Å². The molecule has 0 aliphatic heterocycles. The predicted octanol–water partition coefficient (Wildman–Crippen LogP) is 1.46. The molecule has 0 bridgehead atoms. The second-order valence-electron chi connectivity index (χ2n) is 2.99. The van der Waals surface area contributed by atoms with E-state index in [0.29, 0.717) is 11.0 Å². The Morgan fingerprint density at radius 2 is 2.57 bits per heavy atom. The highest BCUT2D eigenvalue weighted by molar-refractivity contribution is 7.99. The van der Waals surface area contributed by atoms with Crippen molar-refractivity contribution in [3.8, 4) is 0 Å². The summed E-state index contributed by atoms with van der Waals surface area (Å²) < 4.78 is 5.14. The summed E-state index contributed by atoms with van der Waals surface area (Å²) in [6.07, 6.45) is 1.59. The highest BCUT2D eigenvalue weighted by Crippen LogP contribution is 2.19. The molecule has 6 heteroatoms. The molecule has 1 unspecified atom stereocenters. The fourth-order valence-electron chi connectivity index (χ4n) is 0.779. The van der Waals surface area contributed by atoms with E-state index in [1.807, 2.05) is 13.8 Å². The smallest absolute Gasteiger partial charge is 0.255 e. The van der Waals surface area contributed by atoms with Gasteiger partial charge in [-0.25, -0.2) is 4.98 Å². The first-order chi connectivity index (χ1) is 6.63. The predicted molar refractivity (Wildman–Crippen MR) is 54.5 cm³/mol. The Bertz CT molecular complexity index is 324. The van der Waals surface area contributed by atoms with Crippen molar-refractivity contribution < 1.29 is 9.62 Å². The second kappa shape index (κ2) is 4.90. The molecule has 1 rings (SSSR count). The van der Waals surface area contributed by atoms with Gasteiger partial charge in [-0.15, -0.1) is 0 Å². The average molecular weight is 215 g/mol. The number of nitrogens with two attached hydrogens (primary N) is 1. The molecule has 0 fully saturated rings. The van der Waals surface area contributed by atoms with Crippen LogP contribution in [-0.4, -0.2) is 21.8 Å². The Kier molecular flexibility index (Phi) is 3.82. The number of rotatable bonds is 4. The second-order valence-corrected chi connectivity index (χ2v) is 3.96. The molecular weight excluding hydrogens is 202 g/mol. The van der Waals surface area contributed by atoms with Crippen LogP contribution in [0.3, 0.4) is 0 Å². The minimum atomic E-state index is -0.00259. The van der Waals surface area contributed by atoms with Gasteiger partial charge < -0.3 is 15.4 Å². The third kappa shape index (κ3) is 2.95. The van der Waals surface area contributed by atoms with Gasteiger partial charge in [-0.1, -0.05) is 23.8 Å². The summed E-state index contributed by atoms with van der Waals surface area (Å²) in [6, 6.07) is 0. The summed E-state index contributed by atoms with van der Waals surface area (Å²) in [7, 11) is 0. The van der Waals surface area contributed by atoms with Gasteiger partial charge in [-0.2, -0.15) is 0 Å². The van der Waals surface area contributed by atoms with E-state index in [-0.39, 0.29) is 11.8 Å². The fourth-order valence-corrected chi connectivity index (χ4v) is 1.67. The third-order valence-corrected chi connectivity index (χ3v) is 2.78. The lowest BCUT2D eigenvalue weighted by Crippen LogP contribution is -2.22. The monoisotopic (exact) mass is 215 g/mol. The van der Waals surface area contributed by atoms with Crippen LogP contribution in [0.25, 0.3) is 0 Å². The normalized spacial score (nSPS) is 14.3.